The highest BCUT2D eigenvalue weighted by Gasteiger charge is 2.29. The van der Waals surface area contributed by atoms with E-state index in [0.717, 1.165) is 12.8 Å². The Hall–Kier alpha value is -3.59. The number of carbonyl (C=O) groups excluding carboxylic acids is 1. The molecule has 3 rings (SSSR count). The van der Waals surface area contributed by atoms with Crippen molar-refractivity contribution >= 4 is 23.0 Å². The number of hydrogen-bond acceptors (Lipinski definition) is 7. The van der Waals surface area contributed by atoms with E-state index in [1.54, 1.807) is 53.4 Å². The number of rotatable bonds is 13. The molecule has 2 aromatic rings. The molecule has 0 bridgehead atoms. The summed E-state index contributed by atoms with van der Waals surface area (Å²) in [5, 5.41) is 17.0. The second kappa shape index (κ2) is 14.2. The summed E-state index contributed by atoms with van der Waals surface area (Å²) in [7, 11) is 0. The molecule has 0 amide bonds. The standard InChI is InChI=1S/C28H33F2N5O2/c1-3-4-21-37-27(36)22-5-7-23(8-6-22)31-32-24-9-11-25(12-10-24)33-34-26-13-15-28(2,16-14-26)35(19-17-29)20-18-30/h5-15H,3-4,16-21H2,1-2H3. The molecular weight excluding hydrogens is 476 g/mol. The number of halogens is 2. The first-order valence-corrected chi connectivity index (χ1v) is 12.4. The number of azo groups is 2. The lowest BCUT2D eigenvalue weighted by atomic mass is 9.90. The summed E-state index contributed by atoms with van der Waals surface area (Å²) in [6.45, 7) is 3.77. The highest BCUT2D eigenvalue weighted by atomic mass is 19.1. The van der Waals surface area contributed by atoms with Crippen LogP contribution < -0.4 is 0 Å². The quantitative estimate of drug-likeness (QED) is 0.156. The van der Waals surface area contributed by atoms with Crippen LogP contribution in [0, 0.1) is 0 Å². The topological polar surface area (TPSA) is 79.0 Å². The number of unbranched alkanes of at least 4 members (excludes halogenated alkanes) is 1. The SMILES string of the molecule is CCCCOC(=O)c1ccc(N=Nc2ccc(N=NC3=CCC(C)(N(CCF)CCF)C=C3)cc2)cc1. The third-order valence-electron chi connectivity index (χ3n) is 6.01. The third kappa shape index (κ3) is 8.49. The van der Waals surface area contributed by atoms with Gasteiger partial charge in [0.05, 0.1) is 34.9 Å². The van der Waals surface area contributed by atoms with Crippen molar-refractivity contribution in [2.24, 2.45) is 20.5 Å². The normalized spacial score (nSPS) is 17.6. The fourth-order valence-electron chi connectivity index (χ4n) is 3.72. The molecule has 0 fully saturated rings. The summed E-state index contributed by atoms with van der Waals surface area (Å²) in [6, 6.07) is 13.9. The van der Waals surface area contributed by atoms with Crippen LogP contribution >= 0.6 is 0 Å². The van der Waals surface area contributed by atoms with Crippen LogP contribution in [-0.2, 0) is 4.74 Å². The molecule has 1 atom stereocenters. The number of nitrogens with zero attached hydrogens (tertiary/aromatic N) is 5. The summed E-state index contributed by atoms with van der Waals surface area (Å²) in [5.74, 6) is -0.342. The van der Waals surface area contributed by atoms with Gasteiger partial charge in [0, 0.05) is 18.6 Å². The van der Waals surface area contributed by atoms with Crippen LogP contribution in [-0.4, -0.2) is 49.5 Å². The zero-order valence-corrected chi connectivity index (χ0v) is 21.3. The minimum atomic E-state index is -0.517. The molecule has 1 aliphatic carbocycles. The number of allylic oxidation sites excluding steroid dienone is 1. The Balaban J connectivity index is 1.54. The molecule has 1 unspecified atom stereocenters. The van der Waals surface area contributed by atoms with Gasteiger partial charge in [-0.15, -0.1) is 0 Å². The average molecular weight is 510 g/mol. The summed E-state index contributed by atoms with van der Waals surface area (Å²) in [4.78, 5) is 13.8. The van der Waals surface area contributed by atoms with Crippen molar-refractivity contribution in [1.82, 2.24) is 4.90 Å². The summed E-state index contributed by atoms with van der Waals surface area (Å²) in [6.07, 6.45) is 8.09. The van der Waals surface area contributed by atoms with Gasteiger partial charge < -0.3 is 4.74 Å². The smallest absolute Gasteiger partial charge is 0.338 e. The van der Waals surface area contributed by atoms with E-state index < -0.39 is 18.9 Å². The molecule has 37 heavy (non-hydrogen) atoms. The summed E-state index contributed by atoms with van der Waals surface area (Å²) >= 11 is 0. The van der Waals surface area contributed by atoms with Crippen molar-refractivity contribution in [2.75, 3.05) is 33.0 Å². The van der Waals surface area contributed by atoms with Crippen molar-refractivity contribution < 1.29 is 18.3 Å². The average Bonchev–Trinajstić information content (AvgIpc) is 2.92. The maximum absolute atomic E-state index is 12.9. The third-order valence-corrected chi connectivity index (χ3v) is 6.01. The molecule has 0 aliphatic heterocycles. The monoisotopic (exact) mass is 509 g/mol. The predicted octanol–water partition coefficient (Wildman–Crippen LogP) is 7.99. The van der Waals surface area contributed by atoms with Crippen molar-refractivity contribution in [3.8, 4) is 0 Å². The minimum Gasteiger partial charge on any atom is -0.462 e. The summed E-state index contributed by atoms with van der Waals surface area (Å²) < 4.78 is 30.9. The van der Waals surface area contributed by atoms with Gasteiger partial charge in [0.2, 0.25) is 0 Å². The Morgan fingerprint density at radius 1 is 0.919 bits per heavy atom. The number of benzene rings is 2. The fraction of sp³-hybridized carbons (Fsp3) is 0.393. The number of esters is 1. The van der Waals surface area contributed by atoms with Crippen molar-refractivity contribution in [1.29, 1.82) is 0 Å². The van der Waals surface area contributed by atoms with Gasteiger partial charge in [0.25, 0.3) is 0 Å². The Kier molecular flexibility index (Phi) is 10.8. The zero-order valence-electron chi connectivity index (χ0n) is 21.3. The van der Waals surface area contributed by atoms with E-state index in [4.69, 9.17) is 4.74 Å². The Labute approximate surface area is 216 Å². The van der Waals surface area contributed by atoms with Gasteiger partial charge in [0.15, 0.2) is 0 Å². The summed E-state index contributed by atoms with van der Waals surface area (Å²) in [5.41, 5.74) is 2.66. The first-order chi connectivity index (χ1) is 18.0. The van der Waals surface area contributed by atoms with Gasteiger partial charge in [-0.25, -0.2) is 13.6 Å². The maximum atomic E-state index is 12.9. The van der Waals surface area contributed by atoms with Crippen LogP contribution in [0.25, 0.3) is 0 Å². The van der Waals surface area contributed by atoms with E-state index in [2.05, 4.69) is 20.5 Å². The molecule has 0 spiro atoms. The van der Waals surface area contributed by atoms with Crippen LogP contribution in [0.5, 0.6) is 0 Å². The van der Waals surface area contributed by atoms with E-state index in [1.165, 1.54) is 0 Å². The highest BCUT2D eigenvalue weighted by Crippen LogP contribution is 2.29. The number of carbonyl (C=O) groups is 1. The van der Waals surface area contributed by atoms with Crippen LogP contribution in [0.2, 0.25) is 0 Å². The Bertz CT molecular complexity index is 1120. The lowest BCUT2D eigenvalue weighted by Crippen LogP contribution is -2.47. The molecule has 0 radical (unpaired) electrons. The van der Waals surface area contributed by atoms with E-state index >= 15 is 0 Å². The molecule has 0 aromatic heterocycles. The molecule has 7 nitrogen and oxygen atoms in total. The Morgan fingerprint density at radius 3 is 1.95 bits per heavy atom. The van der Waals surface area contributed by atoms with E-state index in [-0.39, 0.29) is 19.1 Å². The molecule has 0 heterocycles. The lowest BCUT2D eigenvalue weighted by molar-refractivity contribution is 0.0500. The van der Waals surface area contributed by atoms with Crippen molar-refractivity contribution in [3.63, 3.8) is 0 Å². The molecule has 0 N–H and O–H groups in total. The second-order valence-electron chi connectivity index (χ2n) is 8.84. The molecule has 2 aromatic carbocycles. The van der Waals surface area contributed by atoms with Crippen LogP contribution in [0.4, 0.5) is 25.8 Å². The van der Waals surface area contributed by atoms with Crippen LogP contribution in [0.15, 0.2) is 92.9 Å². The predicted molar refractivity (Wildman–Crippen MR) is 141 cm³/mol. The van der Waals surface area contributed by atoms with Gasteiger partial charge in [-0.3, -0.25) is 4.90 Å². The first kappa shape index (κ1) is 28.0. The van der Waals surface area contributed by atoms with Gasteiger partial charge in [0.1, 0.15) is 13.3 Å². The molecule has 0 saturated heterocycles. The number of ether oxygens (including phenoxy) is 1. The van der Waals surface area contributed by atoms with Crippen LogP contribution in [0.1, 0.15) is 43.5 Å². The van der Waals surface area contributed by atoms with Gasteiger partial charge in [-0.05, 0) is 74.4 Å². The second-order valence-corrected chi connectivity index (χ2v) is 8.84. The largest absolute Gasteiger partial charge is 0.462 e. The van der Waals surface area contributed by atoms with E-state index in [1.807, 2.05) is 32.1 Å². The molecular formula is C28H33F2N5O2. The molecule has 0 saturated carbocycles. The molecule has 1 aliphatic rings. The zero-order chi connectivity index (χ0) is 26.5. The molecule has 196 valence electrons. The van der Waals surface area contributed by atoms with Gasteiger partial charge in [-0.1, -0.05) is 25.5 Å². The molecule has 9 heteroatoms. The highest BCUT2D eigenvalue weighted by molar-refractivity contribution is 5.89. The fourth-order valence-corrected chi connectivity index (χ4v) is 3.72. The lowest BCUT2D eigenvalue weighted by Gasteiger charge is -2.39. The van der Waals surface area contributed by atoms with Crippen molar-refractivity contribution in [2.45, 2.75) is 38.6 Å². The number of alkyl halides is 2. The van der Waals surface area contributed by atoms with Gasteiger partial charge in [-0.2, -0.15) is 20.5 Å². The van der Waals surface area contributed by atoms with Gasteiger partial charge >= 0.3 is 5.97 Å². The first-order valence-electron chi connectivity index (χ1n) is 12.4. The minimum absolute atomic E-state index is 0.193. The van der Waals surface area contributed by atoms with Crippen LogP contribution in [0.3, 0.4) is 0 Å². The van der Waals surface area contributed by atoms with Crippen molar-refractivity contribution in [3.05, 3.63) is 78.0 Å². The van der Waals surface area contributed by atoms with E-state index in [0.29, 0.717) is 41.4 Å². The Morgan fingerprint density at radius 2 is 1.46 bits per heavy atom. The number of hydrogen-bond donors (Lipinski definition) is 0. The maximum Gasteiger partial charge on any atom is 0.338 e. The van der Waals surface area contributed by atoms with E-state index in [9.17, 15) is 13.6 Å².